The molecular weight excluding hydrogens is 311 g/mol. The number of halogens is 3. The van der Waals surface area contributed by atoms with Gasteiger partial charge in [-0.2, -0.15) is 13.2 Å². The van der Waals surface area contributed by atoms with Crippen molar-refractivity contribution >= 4 is 23.4 Å². The Morgan fingerprint density at radius 2 is 1.64 bits per heavy atom. The Bertz CT molecular complexity index is 670. The van der Waals surface area contributed by atoms with E-state index in [-0.39, 0.29) is 11.3 Å². The number of anilines is 1. The number of alkyl halides is 3. The van der Waals surface area contributed by atoms with Gasteiger partial charge in [-0.3, -0.25) is 9.69 Å². The molecule has 1 aliphatic rings. The van der Waals surface area contributed by atoms with Gasteiger partial charge in [0.25, 0.3) is 0 Å². The van der Waals surface area contributed by atoms with E-state index in [0.717, 1.165) is 17.7 Å². The predicted octanol–water partition coefficient (Wildman–Crippen LogP) is 4.48. The fraction of sp³-hybridized carbons (Fsp3) is 0.188. The maximum absolute atomic E-state index is 12.6. The van der Waals surface area contributed by atoms with Gasteiger partial charge in [-0.25, -0.2) is 0 Å². The fourth-order valence-corrected chi connectivity index (χ4v) is 3.56. The van der Waals surface area contributed by atoms with Crippen LogP contribution in [0.3, 0.4) is 0 Å². The van der Waals surface area contributed by atoms with Gasteiger partial charge in [0, 0.05) is 5.69 Å². The lowest BCUT2D eigenvalue weighted by Gasteiger charge is -2.24. The van der Waals surface area contributed by atoms with E-state index in [1.165, 1.54) is 23.9 Å². The first kappa shape index (κ1) is 15.0. The van der Waals surface area contributed by atoms with Crippen LogP contribution in [0.4, 0.5) is 18.9 Å². The molecule has 2 aromatic rings. The van der Waals surface area contributed by atoms with Crippen molar-refractivity contribution in [2.24, 2.45) is 0 Å². The highest BCUT2D eigenvalue weighted by molar-refractivity contribution is 8.00. The summed E-state index contributed by atoms with van der Waals surface area (Å²) in [6.07, 6.45) is -4.37. The molecule has 0 unspecified atom stereocenters. The van der Waals surface area contributed by atoms with Gasteiger partial charge in [0.2, 0.25) is 5.91 Å². The first-order valence-electron chi connectivity index (χ1n) is 6.63. The van der Waals surface area contributed by atoms with Gasteiger partial charge in [-0.1, -0.05) is 30.3 Å². The van der Waals surface area contributed by atoms with Crippen LogP contribution in [0, 0.1) is 0 Å². The zero-order valence-electron chi connectivity index (χ0n) is 11.4. The third-order valence-corrected chi connectivity index (χ3v) is 4.64. The summed E-state index contributed by atoms with van der Waals surface area (Å²) in [6, 6.07) is 14.2. The van der Waals surface area contributed by atoms with Crippen molar-refractivity contribution in [2.75, 3.05) is 10.7 Å². The molecule has 1 heterocycles. The van der Waals surface area contributed by atoms with Gasteiger partial charge in [0.05, 0.1) is 11.3 Å². The Labute approximate surface area is 129 Å². The first-order chi connectivity index (χ1) is 10.5. The van der Waals surface area contributed by atoms with Crippen molar-refractivity contribution in [2.45, 2.75) is 11.6 Å². The van der Waals surface area contributed by atoms with Crippen LogP contribution in [0.5, 0.6) is 0 Å². The summed E-state index contributed by atoms with van der Waals surface area (Å²) >= 11 is 1.47. The van der Waals surface area contributed by atoms with Crippen LogP contribution < -0.4 is 4.90 Å². The number of nitrogens with zero attached hydrogens (tertiary/aromatic N) is 1. The minimum atomic E-state index is -4.37. The largest absolute Gasteiger partial charge is 0.416 e. The highest BCUT2D eigenvalue weighted by atomic mass is 32.2. The van der Waals surface area contributed by atoms with Crippen molar-refractivity contribution in [3.63, 3.8) is 0 Å². The molecule has 0 aromatic heterocycles. The second kappa shape index (κ2) is 5.68. The molecule has 22 heavy (non-hydrogen) atoms. The molecule has 2 nitrogen and oxygen atoms in total. The normalized spacial score (nSPS) is 18.8. The molecule has 1 aliphatic heterocycles. The minimum Gasteiger partial charge on any atom is -0.295 e. The van der Waals surface area contributed by atoms with E-state index >= 15 is 0 Å². The molecule has 0 saturated carbocycles. The van der Waals surface area contributed by atoms with Crippen LogP contribution in [-0.4, -0.2) is 11.7 Å². The second-order valence-electron chi connectivity index (χ2n) is 4.88. The van der Waals surface area contributed by atoms with Gasteiger partial charge < -0.3 is 0 Å². The number of carbonyl (C=O) groups is 1. The average molecular weight is 323 g/mol. The summed E-state index contributed by atoms with van der Waals surface area (Å²) in [5, 5.41) is -0.203. The number of carbonyl (C=O) groups excluding carboxylic acids is 1. The van der Waals surface area contributed by atoms with Gasteiger partial charge >= 0.3 is 6.18 Å². The molecule has 1 atom stereocenters. The summed E-state index contributed by atoms with van der Waals surface area (Å²) in [5.41, 5.74) is 0.724. The van der Waals surface area contributed by atoms with Crippen molar-refractivity contribution in [3.8, 4) is 0 Å². The van der Waals surface area contributed by atoms with E-state index in [9.17, 15) is 18.0 Å². The number of benzene rings is 2. The Kier molecular flexibility index (Phi) is 3.87. The molecule has 0 radical (unpaired) electrons. The zero-order chi connectivity index (χ0) is 15.7. The SMILES string of the molecule is O=C1CS[C@H](c2ccccc2)N1c1ccc(C(F)(F)F)cc1. The van der Waals surface area contributed by atoms with Crippen LogP contribution >= 0.6 is 11.8 Å². The number of thioether (sulfide) groups is 1. The van der Waals surface area contributed by atoms with Gasteiger partial charge in [0.1, 0.15) is 5.37 Å². The van der Waals surface area contributed by atoms with Gasteiger partial charge in [-0.05, 0) is 29.8 Å². The average Bonchev–Trinajstić information content (AvgIpc) is 2.89. The predicted molar refractivity (Wildman–Crippen MR) is 80.6 cm³/mol. The van der Waals surface area contributed by atoms with Gasteiger partial charge in [0.15, 0.2) is 0 Å². The Balaban J connectivity index is 1.93. The van der Waals surface area contributed by atoms with Gasteiger partial charge in [-0.15, -0.1) is 11.8 Å². The van der Waals surface area contributed by atoms with Crippen LogP contribution in [-0.2, 0) is 11.0 Å². The fourth-order valence-electron chi connectivity index (χ4n) is 2.38. The van der Waals surface area contributed by atoms with E-state index in [2.05, 4.69) is 0 Å². The third-order valence-electron chi connectivity index (χ3n) is 3.43. The molecule has 2 aromatic carbocycles. The number of hydrogen-bond donors (Lipinski definition) is 0. The lowest BCUT2D eigenvalue weighted by Crippen LogP contribution is -2.27. The first-order valence-corrected chi connectivity index (χ1v) is 7.67. The standard InChI is InChI=1S/C16H12F3NOS/c17-16(18,19)12-6-8-13(9-7-12)20-14(21)10-22-15(20)11-4-2-1-3-5-11/h1-9,15H,10H2/t15-/m1/s1. The molecule has 3 rings (SSSR count). The number of rotatable bonds is 2. The summed E-state index contributed by atoms with van der Waals surface area (Å²) < 4.78 is 37.9. The van der Waals surface area contributed by atoms with E-state index in [1.807, 2.05) is 30.3 Å². The molecule has 1 amide bonds. The van der Waals surface area contributed by atoms with Crippen molar-refractivity contribution in [3.05, 3.63) is 65.7 Å². The highest BCUT2D eigenvalue weighted by Gasteiger charge is 2.35. The lowest BCUT2D eigenvalue weighted by atomic mass is 10.1. The van der Waals surface area contributed by atoms with E-state index in [1.54, 1.807) is 4.90 Å². The summed E-state index contributed by atoms with van der Waals surface area (Å²) in [6.45, 7) is 0. The Morgan fingerprint density at radius 1 is 1.00 bits per heavy atom. The van der Waals surface area contributed by atoms with Crippen LogP contribution in [0.1, 0.15) is 16.5 Å². The number of amides is 1. The van der Waals surface area contributed by atoms with Crippen molar-refractivity contribution < 1.29 is 18.0 Å². The zero-order valence-corrected chi connectivity index (χ0v) is 12.2. The van der Waals surface area contributed by atoms with Crippen molar-refractivity contribution in [1.82, 2.24) is 0 Å². The molecule has 0 N–H and O–H groups in total. The molecule has 114 valence electrons. The Hall–Kier alpha value is -1.95. The van der Waals surface area contributed by atoms with Crippen LogP contribution in [0.25, 0.3) is 0 Å². The maximum Gasteiger partial charge on any atom is 0.416 e. The molecule has 0 bridgehead atoms. The van der Waals surface area contributed by atoms with E-state index in [0.29, 0.717) is 11.4 Å². The maximum atomic E-state index is 12.6. The van der Waals surface area contributed by atoms with E-state index < -0.39 is 11.7 Å². The molecule has 1 fully saturated rings. The minimum absolute atomic E-state index is 0.0985. The summed E-state index contributed by atoms with van der Waals surface area (Å²) in [4.78, 5) is 13.7. The smallest absolute Gasteiger partial charge is 0.295 e. The summed E-state index contributed by atoms with van der Waals surface area (Å²) in [7, 11) is 0. The quantitative estimate of drug-likeness (QED) is 0.812. The lowest BCUT2D eigenvalue weighted by molar-refractivity contribution is -0.137. The van der Waals surface area contributed by atoms with Crippen LogP contribution in [0.15, 0.2) is 54.6 Å². The molecule has 0 spiro atoms. The van der Waals surface area contributed by atoms with Crippen molar-refractivity contribution in [1.29, 1.82) is 0 Å². The molecule has 6 heteroatoms. The molecule has 1 saturated heterocycles. The summed E-state index contributed by atoms with van der Waals surface area (Å²) in [5.74, 6) is 0.222. The molecule has 0 aliphatic carbocycles. The number of hydrogen-bond acceptors (Lipinski definition) is 2. The third kappa shape index (κ3) is 2.83. The van der Waals surface area contributed by atoms with Crippen LogP contribution in [0.2, 0.25) is 0 Å². The Morgan fingerprint density at radius 3 is 2.23 bits per heavy atom. The monoisotopic (exact) mass is 323 g/mol. The van der Waals surface area contributed by atoms with E-state index in [4.69, 9.17) is 0 Å². The molecular formula is C16H12F3NOS. The second-order valence-corrected chi connectivity index (χ2v) is 5.95. The highest BCUT2D eigenvalue weighted by Crippen LogP contribution is 2.42. The topological polar surface area (TPSA) is 20.3 Å².